The molecule has 1 aromatic heterocycles. The summed E-state index contributed by atoms with van der Waals surface area (Å²) >= 11 is 0. The van der Waals surface area contributed by atoms with Gasteiger partial charge in [-0.3, -0.25) is 0 Å². The molecule has 98 valence electrons. The summed E-state index contributed by atoms with van der Waals surface area (Å²) in [5.41, 5.74) is 7.83. The van der Waals surface area contributed by atoms with Crippen LogP contribution in [0.25, 0.3) is 0 Å². The lowest BCUT2D eigenvalue weighted by molar-refractivity contribution is 0.148. The summed E-state index contributed by atoms with van der Waals surface area (Å²) in [6, 6.07) is 0. The van der Waals surface area contributed by atoms with Crippen molar-refractivity contribution in [3.63, 3.8) is 0 Å². The molecule has 0 saturated carbocycles. The molecule has 1 rings (SSSR count). The Morgan fingerprint density at radius 3 is 2.59 bits per heavy atom. The average Bonchev–Trinajstić information content (AvgIpc) is 2.62. The Kier molecular flexibility index (Phi) is 5.58. The molecule has 0 aliphatic rings. The topological polar surface area (TPSA) is 66.0 Å². The van der Waals surface area contributed by atoms with Crippen LogP contribution in [0.4, 0.5) is 0 Å². The Hall–Kier alpha value is -0.940. The van der Waals surface area contributed by atoms with Crippen LogP contribution < -0.4 is 5.73 Å². The van der Waals surface area contributed by atoms with E-state index >= 15 is 0 Å². The van der Waals surface area contributed by atoms with Gasteiger partial charge in [0.1, 0.15) is 0 Å². The Labute approximate surface area is 103 Å². The van der Waals surface area contributed by atoms with Crippen molar-refractivity contribution < 1.29 is 4.74 Å². The van der Waals surface area contributed by atoms with Gasteiger partial charge in [-0.15, -0.1) is 5.10 Å². The molecule has 0 spiro atoms. The normalized spacial score (nSPS) is 13.3. The summed E-state index contributed by atoms with van der Waals surface area (Å²) in [6.45, 7) is 8.68. The summed E-state index contributed by atoms with van der Waals surface area (Å²) in [7, 11) is 1.72. The van der Waals surface area contributed by atoms with Crippen LogP contribution in [0.15, 0.2) is 0 Å². The van der Waals surface area contributed by atoms with E-state index in [-0.39, 0.29) is 0 Å². The highest BCUT2D eigenvalue weighted by atomic mass is 16.5. The number of hydrogen-bond donors (Lipinski definition) is 1. The molecule has 1 heterocycles. The van der Waals surface area contributed by atoms with Crippen molar-refractivity contribution >= 4 is 0 Å². The first-order chi connectivity index (χ1) is 8.10. The van der Waals surface area contributed by atoms with Gasteiger partial charge in [0.25, 0.3) is 0 Å². The molecule has 0 aliphatic heterocycles. The van der Waals surface area contributed by atoms with E-state index < -0.39 is 0 Å². The van der Waals surface area contributed by atoms with Gasteiger partial charge < -0.3 is 10.5 Å². The number of nitrogens with zero attached hydrogens (tertiary/aromatic N) is 3. The van der Waals surface area contributed by atoms with Gasteiger partial charge in [-0.05, 0) is 18.4 Å². The fourth-order valence-electron chi connectivity index (χ4n) is 2.07. The molecule has 0 aromatic carbocycles. The number of hydrogen-bond acceptors (Lipinski definition) is 4. The molecular formula is C12H24N4O. The lowest BCUT2D eigenvalue weighted by Gasteiger charge is -2.14. The molecule has 1 aromatic rings. The molecule has 1 atom stereocenters. The van der Waals surface area contributed by atoms with Crippen LogP contribution in [0.2, 0.25) is 0 Å². The quantitative estimate of drug-likeness (QED) is 0.777. The maximum atomic E-state index is 5.59. The third-order valence-electron chi connectivity index (χ3n) is 2.71. The molecule has 0 fully saturated rings. The van der Waals surface area contributed by atoms with Crippen molar-refractivity contribution in [2.24, 2.45) is 11.7 Å². The van der Waals surface area contributed by atoms with Crippen LogP contribution in [-0.4, -0.2) is 35.3 Å². The molecule has 0 saturated heterocycles. The maximum absolute atomic E-state index is 5.59. The highest BCUT2D eigenvalue weighted by Crippen LogP contribution is 2.19. The smallest absolute Gasteiger partial charge is 0.0874 e. The maximum Gasteiger partial charge on any atom is 0.0874 e. The third kappa shape index (κ3) is 3.78. The minimum absolute atomic E-state index is 0.418. The molecule has 0 bridgehead atoms. The first-order valence-corrected chi connectivity index (χ1v) is 6.21. The minimum Gasteiger partial charge on any atom is -0.384 e. The summed E-state index contributed by atoms with van der Waals surface area (Å²) in [5.74, 6) is 0.853. The second kappa shape index (κ2) is 6.71. The van der Waals surface area contributed by atoms with Gasteiger partial charge in [-0.2, -0.15) is 0 Å². The molecular weight excluding hydrogens is 216 g/mol. The molecule has 17 heavy (non-hydrogen) atoms. The van der Waals surface area contributed by atoms with Gasteiger partial charge >= 0.3 is 0 Å². The lowest BCUT2D eigenvalue weighted by Crippen LogP contribution is -2.17. The number of methoxy groups -OCH3 is 1. The summed E-state index contributed by atoms with van der Waals surface area (Å²) in [6.07, 6.45) is 0.798. The van der Waals surface area contributed by atoms with Crippen molar-refractivity contribution in [2.75, 3.05) is 20.3 Å². The highest BCUT2D eigenvalue weighted by molar-refractivity contribution is 5.14. The first kappa shape index (κ1) is 14.1. The molecule has 5 heteroatoms. The van der Waals surface area contributed by atoms with Gasteiger partial charge in [-0.1, -0.05) is 26.0 Å². The fraction of sp³-hybridized carbons (Fsp3) is 0.833. The van der Waals surface area contributed by atoms with Gasteiger partial charge in [-0.25, -0.2) is 4.68 Å². The van der Waals surface area contributed by atoms with E-state index in [9.17, 15) is 0 Å². The summed E-state index contributed by atoms with van der Waals surface area (Å²) in [4.78, 5) is 0. The monoisotopic (exact) mass is 240 g/mol. The van der Waals surface area contributed by atoms with E-state index in [2.05, 4.69) is 31.1 Å². The zero-order valence-corrected chi connectivity index (χ0v) is 11.3. The molecule has 5 nitrogen and oxygen atoms in total. The number of rotatable bonds is 7. The van der Waals surface area contributed by atoms with Crippen LogP contribution in [0.3, 0.4) is 0 Å². The van der Waals surface area contributed by atoms with E-state index in [0.29, 0.717) is 18.4 Å². The van der Waals surface area contributed by atoms with Gasteiger partial charge in [0.05, 0.1) is 18.0 Å². The van der Waals surface area contributed by atoms with Crippen molar-refractivity contribution in [1.82, 2.24) is 15.0 Å². The predicted octanol–water partition coefficient (Wildman–Crippen LogP) is 1.19. The molecule has 0 radical (unpaired) electrons. The number of nitrogens with two attached hydrogens (primary N) is 1. The molecule has 0 aliphatic carbocycles. The second-order valence-corrected chi connectivity index (χ2v) is 4.86. The standard InChI is InChI=1S/C12H24N4O/c1-9(2)12-11(5-6-13)14-15-16(12)7-10(3)8-17-4/h9-10H,5-8,13H2,1-4H3. The zero-order chi connectivity index (χ0) is 12.8. The number of ether oxygens (including phenoxy) is 1. The van der Waals surface area contributed by atoms with Crippen molar-refractivity contribution in [3.05, 3.63) is 11.4 Å². The van der Waals surface area contributed by atoms with Gasteiger partial charge in [0.2, 0.25) is 0 Å². The van der Waals surface area contributed by atoms with E-state index in [0.717, 1.165) is 25.3 Å². The van der Waals surface area contributed by atoms with Crippen LogP contribution in [0.5, 0.6) is 0 Å². The lowest BCUT2D eigenvalue weighted by atomic mass is 10.1. The molecule has 1 unspecified atom stereocenters. The molecule has 0 amide bonds. The fourth-order valence-corrected chi connectivity index (χ4v) is 2.07. The Morgan fingerprint density at radius 1 is 1.35 bits per heavy atom. The van der Waals surface area contributed by atoms with Crippen LogP contribution in [-0.2, 0) is 17.7 Å². The van der Waals surface area contributed by atoms with E-state index in [1.54, 1.807) is 7.11 Å². The van der Waals surface area contributed by atoms with E-state index in [4.69, 9.17) is 10.5 Å². The third-order valence-corrected chi connectivity index (χ3v) is 2.71. The Morgan fingerprint density at radius 2 is 2.06 bits per heavy atom. The van der Waals surface area contributed by atoms with Crippen molar-refractivity contribution in [3.8, 4) is 0 Å². The second-order valence-electron chi connectivity index (χ2n) is 4.86. The largest absolute Gasteiger partial charge is 0.384 e. The summed E-state index contributed by atoms with van der Waals surface area (Å²) < 4.78 is 7.15. The average molecular weight is 240 g/mol. The Balaban J connectivity index is 2.84. The van der Waals surface area contributed by atoms with Crippen LogP contribution in [0.1, 0.15) is 38.1 Å². The van der Waals surface area contributed by atoms with Gasteiger partial charge in [0.15, 0.2) is 0 Å². The highest BCUT2D eigenvalue weighted by Gasteiger charge is 2.16. The minimum atomic E-state index is 0.418. The van der Waals surface area contributed by atoms with Crippen LogP contribution >= 0.6 is 0 Å². The van der Waals surface area contributed by atoms with E-state index in [1.165, 1.54) is 5.69 Å². The van der Waals surface area contributed by atoms with Crippen LogP contribution in [0, 0.1) is 5.92 Å². The Bertz CT molecular complexity index is 335. The SMILES string of the molecule is COCC(C)Cn1nnc(CCN)c1C(C)C. The summed E-state index contributed by atoms with van der Waals surface area (Å²) in [5, 5.41) is 8.47. The van der Waals surface area contributed by atoms with E-state index in [1.807, 2.05) is 4.68 Å². The first-order valence-electron chi connectivity index (χ1n) is 6.21. The number of aromatic nitrogens is 3. The molecule has 2 N–H and O–H groups in total. The van der Waals surface area contributed by atoms with Crippen molar-refractivity contribution in [2.45, 2.75) is 39.7 Å². The predicted molar refractivity (Wildman–Crippen MR) is 67.9 cm³/mol. The van der Waals surface area contributed by atoms with Gasteiger partial charge in [0, 0.05) is 20.1 Å². The van der Waals surface area contributed by atoms with Crippen molar-refractivity contribution in [1.29, 1.82) is 0 Å². The zero-order valence-electron chi connectivity index (χ0n) is 11.3.